The van der Waals surface area contributed by atoms with Crippen molar-refractivity contribution in [3.8, 4) is 0 Å². The van der Waals surface area contributed by atoms with Crippen molar-refractivity contribution in [2.24, 2.45) is 5.92 Å². The molecular weight excluding hydrogens is 278 g/mol. The number of rotatable bonds is 5. The molecule has 1 unspecified atom stereocenters. The molecule has 112 valence electrons. The number of carbonyl (C=O) groups excluding carboxylic acids is 1. The number of carbonyl (C=O) groups is 1. The topological polar surface area (TPSA) is 49.3 Å². The van der Waals surface area contributed by atoms with Crippen LogP contribution in [0.15, 0.2) is 18.2 Å². The van der Waals surface area contributed by atoms with Crippen molar-refractivity contribution in [1.82, 2.24) is 5.32 Å². The number of hydrogen-bond donors (Lipinski definition) is 2. The highest BCUT2D eigenvalue weighted by Gasteiger charge is 2.31. The number of nitrogens with one attached hydrogen (secondary N) is 1. The Morgan fingerprint density at radius 1 is 1.35 bits per heavy atom. The average molecular weight is 293 g/mol. The Kier molecular flexibility index (Phi) is 5.50. The van der Waals surface area contributed by atoms with E-state index >= 15 is 0 Å². The number of benzene rings is 1. The van der Waals surface area contributed by atoms with Crippen LogP contribution in [0.1, 0.15) is 29.3 Å². The second-order valence-corrected chi connectivity index (χ2v) is 4.55. The van der Waals surface area contributed by atoms with Crippen molar-refractivity contribution in [2.75, 3.05) is 13.2 Å². The summed E-state index contributed by atoms with van der Waals surface area (Å²) in [6.07, 6.45) is -4.25. The van der Waals surface area contributed by atoms with Crippen LogP contribution in [-0.2, 0) is 6.18 Å². The molecule has 1 rings (SSSR count). The van der Waals surface area contributed by atoms with E-state index in [1.807, 2.05) is 0 Å². The highest BCUT2D eigenvalue weighted by Crippen LogP contribution is 2.30. The maximum atomic E-state index is 13.1. The molecule has 0 radical (unpaired) electrons. The fourth-order valence-electron chi connectivity index (χ4n) is 1.58. The Balaban J connectivity index is 2.81. The lowest BCUT2D eigenvalue weighted by Gasteiger charge is -2.12. The standard InChI is InChI=1S/C13H15F4NO2/c1-8(2-3-19)7-18-12(20)9-4-10(13(15,16)17)6-11(14)5-9/h4-6,8,19H,2-3,7H2,1H3,(H,18,20). The molecule has 0 fully saturated rings. The normalized spacial score (nSPS) is 13.1. The number of aliphatic hydroxyl groups excluding tert-OH is 1. The first-order chi connectivity index (χ1) is 9.24. The Labute approximate surface area is 113 Å². The van der Waals surface area contributed by atoms with Gasteiger partial charge >= 0.3 is 6.18 Å². The van der Waals surface area contributed by atoms with Crippen molar-refractivity contribution in [1.29, 1.82) is 0 Å². The molecular formula is C13H15F4NO2. The van der Waals surface area contributed by atoms with Crippen LogP contribution in [0.5, 0.6) is 0 Å². The van der Waals surface area contributed by atoms with Gasteiger partial charge in [-0.3, -0.25) is 4.79 Å². The van der Waals surface area contributed by atoms with Gasteiger partial charge in [-0.15, -0.1) is 0 Å². The summed E-state index contributed by atoms with van der Waals surface area (Å²) in [5.41, 5.74) is -1.58. The van der Waals surface area contributed by atoms with Crippen LogP contribution in [0.2, 0.25) is 0 Å². The van der Waals surface area contributed by atoms with Crippen LogP contribution >= 0.6 is 0 Å². The van der Waals surface area contributed by atoms with E-state index in [1.54, 1.807) is 6.92 Å². The SMILES string of the molecule is CC(CCO)CNC(=O)c1cc(F)cc(C(F)(F)F)c1. The maximum absolute atomic E-state index is 13.1. The predicted octanol–water partition coefficient (Wildman–Crippen LogP) is 2.59. The van der Waals surface area contributed by atoms with Crippen LogP contribution in [0.25, 0.3) is 0 Å². The highest BCUT2D eigenvalue weighted by molar-refractivity contribution is 5.94. The van der Waals surface area contributed by atoms with Crippen LogP contribution in [0.3, 0.4) is 0 Å². The summed E-state index contributed by atoms with van der Waals surface area (Å²) in [6, 6.07) is 1.70. The van der Waals surface area contributed by atoms with Crippen LogP contribution in [-0.4, -0.2) is 24.2 Å². The highest BCUT2D eigenvalue weighted by atomic mass is 19.4. The molecule has 0 heterocycles. The molecule has 1 aromatic carbocycles. The zero-order valence-corrected chi connectivity index (χ0v) is 10.8. The van der Waals surface area contributed by atoms with E-state index in [4.69, 9.17) is 5.11 Å². The van der Waals surface area contributed by atoms with Crippen molar-refractivity contribution < 1.29 is 27.5 Å². The largest absolute Gasteiger partial charge is 0.416 e. The summed E-state index contributed by atoms with van der Waals surface area (Å²) in [5, 5.41) is 11.1. The molecule has 0 aliphatic rings. The van der Waals surface area contributed by atoms with E-state index in [1.165, 1.54) is 0 Å². The summed E-state index contributed by atoms with van der Waals surface area (Å²) in [5.74, 6) is -1.92. The Morgan fingerprint density at radius 3 is 2.55 bits per heavy atom. The summed E-state index contributed by atoms with van der Waals surface area (Å²) >= 11 is 0. The summed E-state index contributed by atoms with van der Waals surface area (Å²) in [4.78, 5) is 11.7. The van der Waals surface area contributed by atoms with Gasteiger partial charge in [-0.25, -0.2) is 4.39 Å². The molecule has 1 atom stereocenters. The maximum Gasteiger partial charge on any atom is 0.416 e. The van der Waals surface area contributed by atoms with Gasteiger partial charge in [0, 0.05) is 18.7 Å². The minimum absolute atomic E-state index is 0.0282. The zero-order valence-electron chi connectivity index (χ0n) is 10.8. The molecule has 0 saturated heterocycles. The smallest absolute Gasteiger partial charge is 0.396 e. The van der Waals surface area contributed by atoms with Gasteiger partial charge in [-0.2, -0.15) is 13.2 Å². The van der Waals surface area contributed by atoms with Crippen molar-refractivity contribution in [3.05, 3.63) is 35.1 Å². The minimum Gasteiger partial charge on any atom is -0.396 e. The molecule has 0 aliphatic carbocycles. The second kappa shape index (κ2) is 6.69. The number of amides is 1. The van der Waals surface area contributed by atoms with E-state index in [2.05, 4.69) is 5.32 Å². The minimum atomic E-state index is -4.71. The van der Waals surface area contributed by atoms with Gasteiger partial charge in [0.2, 0.25) is 0 Å². The average Bonchev–Trinajstić information content (AvgIpc) is 2.34. The molecule has 0 spiro atoms. The molecule has 1 aromatic rings. The fraction of sp³-hybridized carbons (Fsp3) is 0.462. The third kappa shape index (κ3) is 4.80. The van der Waals surface area contributed by atoms with Crippen LogP contribution in [0.4, 0.5) is 17.6 Å². The predicted molar refractivity (Wildman–Crippen MR) is 64.6 cm³/mol. The number of halogens is 4. The third-order valence-electron chi connectivity index (χ3n) is 2.72. The molecule has 20 heavy (non-hydrogen) atoms. The van der Waals surface area contributed by atoms with Gasteiger partial charge in [0.15, 0.2) is 0 Å². The Hall–Kier alpha value is -1.63. The van der Waals surface area contributed by atoms with E-state index in [0.29, 0.717) is 18.6 Å². The van der Waals surface area contributed by atoms with E-state index < -0.39 is 23.5 Å². The molecule has 0 aliphatic heterocycles. The summed E-state index contributed by atoms with van der Waals surface area (Å²) in [7, 11) is 0. The van der Waals surface area contributed by atoms with Crippen LogP contribution < -0.4 is 5.32 Å². The molecule has 3 nitrogen and oxygen atoms in total. The molecule has 7 heteroatoms. The molecule has 0 aromatic heterocycles. The third-order valence-corrected chi connectivity index (χ3v) is 2.72. The first-order valence-corrected chi connectivity index (χ1v) is 6.01. The van der Waals surface area contributed by atoms with Gasteiger partial charge in [-0.05, 0) is 30.5 Å². The Morgan fingerprint density at radius 2 is 2.00 bits per heavy atom. The molecule has 2 N–H and O–H groups in total. The zero-order chi connectivity index (χ0) is 15.3. The fourth-order valence-corrected chi connectivity index (χ4v) is 1.58. The van der Waals surface area contributed by atoms with E-state index in [9.17, 15) is 22.4 Å². The number of aliphatic hydroxyl groups is 1. The van der Waals surface area contributed by atoms with E-state index in [-0.39, 0.29) is 24.6 Å². The molecule has 0 saturated carbocycles. The first-order valence-electron chi connectivity index (χ1n) is 6.01. The lowest BCUT2D eigenvalue weighted by Crippen LogP contribution is -2.29. The second-order valence-electron chi connectivity index (χ2n) is 4.55. The van der Waals surface area contributed by atoms with E-state index in [0.717, 1.165) is 6.07 Å². The van der Waals surface area contributed by atoms with Crippen molar-refractivity contribution in [2.45, 2.75) is 19.5 Å². The van der Waals surface area contributed by atoms with Gasteiger partial charge in [0.05, 0.1) is 5.56 Å². The monoisotopic (exact) mass is 293 g/mol. The van der Waals surface area contributed by atoms with Crippen LogP contribution in [0, 0.1) is 11.7 Å². The quantitative estimate of drug-likeness (QED) is 0.820. The van der Waals surface area contributed by atoms with Crippen molar-refractivity contribution in [3.63, 3.8) is 0 Å². The number of alkyl halides is 3. The number of hydrogen-bond acceptors (Lipinski definition) is 2. The molecule has 1 amide bonds. The van der Waals surface area contributed by atoms with Gasteiger partial charge in [-0.1, -0.05) is 6.92 Å². The molecule has 0 bridgehead atoms. The summed E-state index contributed by atoms with van der Waals surface area (Å²) in [6.45, 7) is 1.91. The van der Waals surface area contributed by atoms with Gasteiger partial charge in [0.1, 0.15) is 5.82 Å². The van der Waals surface area contributed by atoms with Gasteiger partial charge < -0.3 is 10.4 Å². The lowest BCUT2D eigenvalue weighted by atomic mass is 10.1. The lowest BCUT2D eigenvalue weighted by molar-refractivity contribution is -0.137. The first kappa shape index (κ1) is 16.4. The van der Waals surface area contributed by atoms with Crippen molar-refractivity contribution >= 4 is 5.91 Å². The van der Waals surface area contributed by atoms with Gasteiger partial charge in [0.25, 0.3) is 5.91 Å². The Bertz CT molecular complexity index is 474. The summed E-state index contributed by atoms with van der Waals surface area (Å²) < 4.78 is 50.6.